The summed E-state index contributed by atoms with van der Waals surface area (Å²) in [5.41, 5.74) is 4.73. The number of hydrogen-bond donors (Lipinski definition) is 0. The summed E-state index contributed by atoms with van der Waals surface area (Å²) in [6.45, 7) is 4.06. The number of carbonyl (C=O) groups is 1. The lowest BCUT2D eigenvalue weighted by atomic mass is 10.1. The molecule has 0 radical (unpaired) electrons. The predicted molar refractivity (Wildman–Crippen MR) is 145 cm³/mol. The van der Waals surface area contributed by atoms with Crippen molar-refractivity contribution in [2.45, 2.75) is 13.8 Å². The van der Waals surface area contributed by atoms with Gasteiger partial charge in [0.15, 0.2) is 16.7 Å². The summed E-state index contributed by atoms with van der Waals surface area (Å²) in [5.74, 6) is 1.18. The third-order valence-electron chi connectivity index (χ3n) is 5.11. The number of hydrogen-bond acceptors (Lipinski definition) is 5. The molecular weight excluding hydrogens is 547 g/mol. The first-order chi connectivity index (χ1) is 15.9. The van der Waals surface area contributed by atoms with E-state index in [2.05, 4.69) is 22.6 Å². The van der Waals surface area contributed by atoms with Gasteiger partial charge in [-0.15, -0.1) is 0 Å². The first-order valence-electron chi connectivity index (χ1n) is 10.3. The zero-order chi connectivity index (χ0) is 23.5. The van der Waals surface area contributed by atoms with Crippen LogP contribution in [0.4, 0.5) is 11.4 Å². The van der Waals surface area contributed by atoms with Crippen molar-refractivity contribution >= 4 is 62.9 Å². The minimum Gasteiger partial charge on any atom is -0.493 e. The Morgan fingerprint density at radius 3 is 2.18 bits per heavy atom. The average Bonchev–Trinajstić information content (AvgIpc) is 3.10. The molecule has 0 atom stereocenters. The third-order valence-corrected chi connectivity index (χ3v) is 6.88. The molecule has 5 nitrogen and oxygen atoms in total. The fourth-order valence-corrected chi connectivity index (χ4v) is 5.22. The van der Waals surface area contributed by atoms with Gasteiger partial charge in [-0.1, -0.05) is 35.4 Å². The molecule has 0 aromatic heterocycles. The highest BCUT2D eigenvalue weighted by Gasteiger charge is 2.34. The zero-order valence-corrected chi connectivity index (χ0v) is 21.7. The van der Waals surface area contributed by atoms with Gasteiger partial charge >= 0.3 is 0 Å². The van der Waals surface area contributed by atoms with E-state index in [1.807, 2.05) is 80.6 Å². The number of thioether (sulfide) groups is 1. The topological polar surface area (TPSA) is 51.1 Å². The first-order valence-corrected chi connectivity index (χ1v) is 12.2. The second-order valence-electron chi connectivity index (χ2n) is 7.55. The summed E-state index contributed by atoms with van der Waals surface area (Å²) in [6, 6.07) is 19.7. The van der Waals surface area contributed by atoms with E-state index in [1.54, 1.807) is 19.1 Å². The Bertz CT molecular complexity index is 1250. The molecule has 1 aliphatic heterocycles. The van der Waals surface area contributed by atoms with E-state index in [0.717, 1.165) is 31.6 Å². The normalized spacial score (nSPS) is 16.0. The molecule has 0 bridgehead atoms. The Morgan fingerprint density at radius 2 is 1.58 bits per heavy atom. The number of amidine groups is 1. The van der Waals surface area contributed by atoms with Gasteiger partial charge in [0.1, 0.15) is 0 Å². The molecule has 1 saturated heterocycles. The molecule has 33 heavy (non-hydrogen) atoms. The lowest BCUT2D eigenvalue weighted by molar-refractivity contribution is -0.113. The lowest BCUT2D eigenvalue weighted by Crippen LogP contribution is -2.28. The maximum Gasteiger partial charge on any atom is 0.271 e. The van der Waals surface area contributed by atoms with Gasteiger partial charge in [-0.3, -0.25) is 9.69 Å². The number of halogens is 1. The number of methoxy groups -OCH3 is 2. The highest BCUT2D eigenvalue weighted by Crippen LogP contribution is 2.39. The number of carbonyl (C=O) groups excluding carboxylic acids is 1. The molecule has 4 rings (SSSR count). The smallest absolute Gasteiger partial charge is 0.271 e. The van der Waals surface area contributed by atoms with Gasteiger partial charge in [-0.25, -0.2) is 4.99 Å². The van der Waals surface area contributed by atoms with Crippen LogP contribution in [-0.4, -0.2) is 25.3 Å². The van der Waals surface area contributed by atoms with Gasteiger partial charge in [-0.05, 0) is 96.2 Å². The van der Waals surface area contributed by atoms with Crippen molar-refractivity contribution in [2.24, 2.45) is 4.99 Å². The highest BCUT2D eigenvalue weighted by molar-refractivity contribution is 14.1. The molecule has 0 aliphatic carbocycles. The van der Waals surface area contributed by atoms with E-state index >= 15 is 0 Å². The summed E-state index contributed by atoms with van der Waals surface area (Å²) in [6.07, 6.45) is 1.87. The SMILES string of the molecule is COc1cc(/C=C2\SC(=Nc3ccc(C)cc3)N(c3ccc(C)cc3)C2=O)cc(I)c1OC. The summed E-state index contributed by atoms with van der Waals surface area (Å²) in [5, 5.41) is 0.620. The van der Waals surface area contributed by atoms with E-state index in [0.29, 0.717) is 21.6 Å². The monoisotopic (exact) mass is 570 g/mol. The zero-order valence-electron chi connectivity index (χ0n) is 18.8. The van der Waals surface area contributed by atoms with Gasteiger partial charge in [0, 0.05) is 0 Å². The van der Waals surface area contributed by atoms with Gasteiger partial charge in [-0.2, -0.15) is 0 Å². The molecule has 3 aromatic rings. The van der Waals surface area contributed by atoms with Gasteiger partial charge in [0.05, 0.1) is 34.1 Å². The number of aliphatic imine (C=N–C) groups is 1. The minimum atomic E-state index is -0.112. The Morgan fingerprint density at radius 1 is 0.939 bits per heavy atom. The predicted octanol–water partition coefficient (Wildman–Crippen LogP) is 6.73. The maximum absolute atomic E-state index is 13.5. The number of anilines is 1. The number of amides is 1. The van der Waals surface area contributed by atoms with Crippen LogP contribution in [-0.2, 0) is 4.79 Å². The Labute approximate surface area is 211 Å². The molecule has 1 fully saturated rings. The van der Waals surface area contributed by atoms with E-state index in [-0.39, 0.29) is 5.91 Å². The maximum atomic E-state index is 13.5. The fourth-order valence-electron chi connectivity index (χ4n) is 3.37. The molecule has 0 saturated carbocycles. The number of ether oxygens (including phenoxy) is 2. The van der Waals surface area contributed by atoms with Crippen molar-refractivity contribution in [3.05, 3.63) is 85.8 Å². The summed E-state index contributed by atoms with van der Waals surface area (Å²) < 4.78 is 11.8. The van der Waals surface area contributed by atoms with E-state index in [4.69, 9.17) is 14.5 Å². The molecule has 0 spiro atoms. The minimum absolute atomic E-state index is 0.112. The second kappa shape index (κ2) is 10.0. The Hall–Kier alpha value is -2.78. The van der Waals surface area contributed by atoms with Crippen LogP contribution < -0.4 is 14.4 Å². The van der Waals surface area contributed by atoms with Crippen LogP contribution in [0.1, 0.15) is 16.7 Å². The summed E-state index contributed by atoms with van der Waals surface area (Å²) >= 11 is 3.57. The lowest BCUT2D eigenvalue weighted by Gasteiger charge is -2.16. The van der Waals surface area contributed by atoms with Crippen molar-refractivity contribution in [2.75, 3.05) is 19.1 Å². The van der Waals surface area contributed by atoms with Crippen LogP contribution in [0.2, 0.25) is 0 Å². The quantitative estimate of drug-likeness (QED) is 0.252. The largest absolute Gasteiger partial charge is 0.493 e. The Kier molecular flexibility index (Phi) is 7.09. The summed E-state index contributed by atoms with van der Waals surface area (Å²) in [4.78, 5) is 20.6. The van der Waals surface area contributed by atoms with Gasteiger partial charge in [0.25, 0.3) is 5.91 Å². The molecular formula is C26H23IN2O3S. The van der Waals surface area contributed by atoms with Gasteiger partial charge < -0.3 is 9.47 Å². The van der Waals surface area contributed by atoms with Crippen LogP contribution in [0.25, 0.3) is 6.08 Å². The van der Waals surface area contributed by atoms with Crippen molar-refractivity contribution < 1.29 is 14.3 Å². The standard InChI is InChI=1S/C26H23IN2O3S/c1-16-5-9-19(10-6-16)28-26-29(20-11-7-17(2)8-12-20)25(30)23(33-26)15-18-13-21(27)24(32-4)22(14-18)31-3/h5-15H,1-4H3/b23-15-,28-26?. The number of nitrogens with zero attached hydrogens (tertiary/aromatic N) is 2. The third kappa shape index (κ3) is 5.09. The number of aryl methyl sites for hydroxylation is 2. The molecule has 1 heterocycles. The molecule has 1 aliphatic rings. The number of rotatable bonds is 5. The van der Waals surface area contributed by atoms with Crippen LogP contribution in [0, 0.1) is 17.4 Å². The van der Waals surface area contributed by atoms with Crippen LogP contribution in [0.3, 0.4) is 0 Å². The number of benzene rings is 3. The molecule has 1 amide bonds. The van der Waals surface area contributed by atoms with E-state index in [9.17, 15) is 4.79 Å². The average molecular weight is 570 g/mol. The Balaban J connectivity index is 1.78. The van der Waals surface area contributed by atoms with Crippen LogP contribution >= 0.6 is 34.4 Å². The fraction of sp³-hybridized carbons (Fsp3) is 0.154. The van der Waals surface area contributed by atoms with Crippen LogP contribution in [0.5, 0.6) is 11.5 Å². The molecule has 168 valence electrons. The second-order valence-corrected chi connectivity index (χ2v) is 9.73. The van der Waals surface area contributed by atoms with Crippen LogP contribution in [0.15, 0.2) is 70.6 Å². The molecule has 0 N–H and O–H groups in total. The van der Waals surface area contributed by atoms with E-state index in [1.165, 1.54) is 11.8 Å². The van der Waals surface area contributed by atoms with Crippen molar-refractivity contribution in [3.8, 4) is 11.5 Å². The van der Waals surface area contributed by atoms with Crippen molar-refractivity contribution in [1.82, 2.24) is 0 Å². The highest BCUT2D eigenvalue weighted by atomic mass is 127. The van der Waals surface area contributed by atoms with Crippen molar-refractivity contribution in [1.29, 1.82) is 0 Å². The summed E-state index contributed by atoms with van der Waals surface area (Å²) in [7, 11) is 3.22. The van der Waals surface area contributed by atoms with E-state index < -0.39 is 0 Å². The first kappa shape index (κ1) is 23.4. The molecule has 3 aromatic carbocycles. The van der Waals surface area contributed by atoms with Crippen molar-refractivity contribution in [3.63, 3.8) is 0 Å². The van der Waals surface area contributed by atoms with Gasteiger partial charge in [0.2, 0.25) is 0 Å². The molecule has 0 unspecified atom stereocenters. The molecule has 7 heteroatoms.